The van der Waals surface area contributed by atoms with Gasteiger partial charge in [-0.3, -0.25) is 4.90 Å². The molecule has 0 aromatic carbocycles. The summed E-state index contributed by atoms with van der Waals surface area (Å²) in [5.74, 6) is 0. The van der Waals surface area contributed by atoms with Crippen molar-refractivity contribution < 1.29 is 4.39 Å². The van der Waals surface area contributed by atoms with Crippen LogP contribution in [0.2, 0.25) is 0 Å². The van der Waals surface area contributed by atoms with Crippen LogP contribution in [0.1, 0.15) is 32.6 Å². The normalized spacial score (nSPS) is 39.0. The van der Waals surface area contributed by atoms with Crippen LogP contribution in [-0.2, 0) is 0 Å². The van der Waals surface area contributed by atoms with Crippen molar-refractivity contribution in [2.75, 3.05) is 19.6 Å². The van der Waals surface area contributed by atoms with Crippen LogP contribution < -0.4 is 5.73 Å². The van der Waals surface area contributed by atoms with Gasteiger partial charge in [0, 0.05) is 18.6 Å². The van der Waals surface area contributed by atoms with Crippen molar-refractivity contribution in [2.45, 2.75) is 43.8 Å². The standard InChI is InChI=1S/C10H19FN2/c1-9(11)3-2-6-13(7-9)8-10(12)4-5-10/h2-8,12H2,1H3. The highest BCUT2D eigenvalue weighted by molar-refractivity contribution is 5.02. The Hall–Kier alpha value is -0.150. The molecule has 2 aliphatic rings. The molecule has 2 nitrogen and oxygen atoms in total. The van der Waals surface area contributed by atoms with E-state index in [1.165, 1.54) is 0 Å². The highest BCUT2D eigenvalue weighted by Gasteiger charge is 2.41. The number of halogens is 1. The summed E-state index contributed by atoms with van der Waals surface area (Å²) in [6, 6.07) is 0. The van der Waals surface area contributed by atoms with Gasteiger partial charge in [0.1, 0.15) is 5.67 Å². The molecule has 0 spiro atoms. The third-order valence-electron chi connectivity index (χ3n) is 3.16. The third kappa shape index (κ3) is 2.41. The first kappa shape index (κ1) is 9.41. The molecule has 1 aliphatic carbocycles. The lowest BCUT2D eigenvalue weighted by Crippen LogP contribution is -2.48. The maximum atomic E-state index is 13.6. The molecule has 76 valence electrons. The van der Waals surface area contributed by atoms with Crippen molar-refractivity contribution in [3.8, 4) is 0 Å². The van der Waals surface area contributed by atoms with Gasteiger partial charge in [-0.25, -0.2) is 4.39 Å². The molecule has 0 aromatic rings. The minimum atomic E-state index is -0.983. The van der Waals surface area contributed by atoms with Crippen molar-refractivity contribution in [3.05, 3.63) is 0 Å². The maximum Gasteiger partial charge on any atom is 0.120 e. The number of alkyl halides is 1. The van der Waals surface area contributed by atoms with E-state index in [1.54, 1.807) is 6.92 Å². The molecule has 13 heavy (non-hydrogen) atoms. The lowest BCUT2D eigenvalue weighted by Gasteiger charge is -2.36. The van der Waals surface area contributed by atoms with E-state index in [9.17, 15) is 4.39 Å². The van der Waals surface area contributed by atoms with Crippen LogP contribution in [0.4, 0.5) is 4.39 Å². The molecule has 1 atom stereocenters. The van der Waals surface area contributed by atoms with Gasteiger partial charge >= 0.3 is 0 Å². The molecular weight excluding hydrogens is 167 g/mol. The van der Waals surface area contributed by atoms with E-state index < -0.39 is 5.67 Å². The fraction of sp³-hybridized carbons (Fsp3) is 1.00. The Labute approximate surface area is 79.3 Å². The van der Waals surface area contributed by atoms with Crippen molar-refractivity contribution in [1.29, 1.82) is 0 Å². The van der Waals surface area contributed by atoms with E-state index in [0.717, 1.165) is 32.4 Å². The van der Waals surface area contributed by atoms with Crippen LogP contribution in [0.5, 0.6) is 0 Å². The van der Waals surface area contributed by atoms with Crippen LogP contribution in [0, 0.1) is 0 Å². The number of nitrogens with two attached hydrogens (primary N) is 1. The second-order valence-electron chi connectivity index (χ2n) is 5.09. The minimum Gasteiger partial charge on any atom is -0.324 e. The predicted octanol–water partition coefficient (Wildman–Crippen LogP) is 1.30. The molecule has 3 heteroatoms. The summed E-state index contributed by atoms with van der Waals surface area (Å²) in [4.78, 5) is 2.19. The Morgan fingerprint density at radius 3 is 2.62 bits per heavy atom. The van der Waals surface area contributed by atoms with Gasteiger partial charge in [-0.15, -0.1) is 0 Å². The number of nitrogens with zero attached hydrogens (tertiary/aromatic N) is 1. The third-order valence-corrected chi connectivity index (χ3v) is 3.16. The predicted molar refractivity (Wildman–Crippen MR) is 51.3 cm³/mol. The number of rotatable bonds is 2. The molecule has 0 bridgehead atoms. The highest BCUT2D eigenvalue weighted by atomic mass is 19.1. The number of hydrogen-bond acceptors (Lipinski definition) is 2. The average molecular weight is 186 g/mol. The molecule has 1 saturated carbocycles. The topological polar surface area (TPSA) is 29.3 Å². The first-order valence-electron chi connectivity index (χ1n) is 5.19. The lowest BCUT2D eigenvalue weighted by molar-refractivity contribution is 0.0558. The minimum absolute atomic E-state index is 0.0351. The van der Waals surface area contributed by atoms with E-state index in [0.29, 0.717) is 13.0 Å². The van der Waals surface area contributed by atoms with Crippen molar-refractivity contribution >= 4 is 0 Å². The molecule has 1 unspecified atom stereocenters. The summed E-state index contributed by atoms with van der Waals surface area (Å²) in [6.45, 7) is 4.20. The lowest BCUT2D eigenvalue weighted by atomic mass is 9.96. The molecule has 2 N–H and O–H groups in total. The SMILES string of the molecule is CC1(F)CCCN(CC2(N)CC2)C1. The van der Waals surface area contributed by atoms with Gasteiger partial charge in [-0.05, 0) is 39.2 Å². The molecule has 2 rings (SSSR count). The van der Waals surface area contributed by atoms with E-state index in [2.05, 4.69) is 4.90 Å². The molecular formula is C10H19FN2. The smallest absolute Gasteiger partial charge is 0.120 e. The zero-order valence-corrected chi connectivity index (χ0v) is 8.35. The summed E-state index contributed by atoms with van der Waals surface area (Å²) in [5, 5.41) is 0. The zero-order valence-electron chi connectivity index (χ0n) is 8.35. The summed E-state index contributed by atoms with van der Waals surface area (Å²) in [5.41, 5.74) is 5.05. The van der Waals surface area contributed by atoms with Crippen LogP contribution in [-0.4, -0.2) is 35.7 Å². The fourth-order valence-corrected chi connectivity index (χ4v) is 2.19. The monoisotopic (exact) mass is 186 g/mol. The first-order chi connectivity index (χ1) is 5.99. The molecule has 1 heterocycles. The quantitative estimate of drug-likeness (QED) is 0.704. The average Bonchev–Trinajstić information content (AvgIpc) is 2.65. The van der Waals surface area contributed by atoms with Gasteiger partial charge in [0.15, 0.2) is 0 Å². The van der Waals surface area contributed by atoms with Gasteiger partial charge in [-0.2, -0.15) is 0 Å². The first-order valence-corrected chi connectivity index (χ1v) is 5.19. The second-order valence-corrected chi connectivity index (χ2v) is 5.09. The van der Waals surface area contributed by atoms with Gasteiger partial charge in [-0.1, -0.05) is 0 Å². The van der Waals surface area contributed by atoms with Gasteiger partial charge in [0.05, 0.1) is 0 Å². The molecule has 0 radical (unpaired) electrons. The van der Waals surface area contributed by atoms with Crippen LogP contribution in [0.25, 0.3) is 0 Å². The van der Waals surface area contributed by atoms with Crippen molar-refractivity contribution in [1.82, 2.24) is 4.90 Å². The summed E-state index contributed by atoms with van der Waals surface area (Å²) < 4.78 is 13.6. The van der Waals surface area contributed by atoms with Gasteiger partial charge < -0.3 is 5.73 Å². The molecule has 0 aromatic heterocycles. The van der Waals surface area contributed by atoms with Crippen LogP contribution in [0.3, 0.4) is 0 Å². The summed E-state index contributed by atoms with van der Waals surface area (Å²) >= 11 is 0. The second kappa shape index (κ2) is 2.92. The van der Waals surface area contributed by atoms with Gasteiger partial charge in [0.2, 0.25) is 0 Å². The van der Waals surface area contributed by atoms with Gasteiger partial charge in [0.25, 0.3) is 0 Å². The number of likely N-dealkylation sites (tertiary alicyclic amines) is 1. The maximum absolute atomic E-state index is 13.6. The molecule has 2 fully saturated rings. The molecule has 1 saturated heterocycles. The van der Waals surface area contributed by atoms with Crippen LogP contribution >= 0.6 is 0 Å². The molecule has 0 amide bonds. The summed E-state index contributed by atoms with van der Waals surface area (Å²) in [6.07, 6.45) is 3.92. The number of hydrogen-bond donors (Lipinski definition) is 1. The Bertz CT molecular complexity index is 197. The Kier molecular flexibility index (Phi) is 2.11. The van der Waals surface area contributed by atoms with E-state index in [1.807, 2.05) is 0 Å². The Morgan fingerprint density at radius 1 is 1.38 bits per heavy atom. The van der Waals surface area contributed by atoms with E-state index in [4.69, 9.17) is 5.73 Å². The Morgan fingerprint density at radius 2 is 2.08 bits per heavy atom. The van der Waals surface area contributed by atoms with E-state index >= 15 is 0 Å². The largest absolute Gasteiger partial charge is 0.324 e. The molecule has 1 aliphatic heterocycles. The van der Waals surface area contributed by atoms with E-state index in [-0.39, 0.29) is 5.54 Å². The Balaban J connectivity index is 1.86. The fourth-order valence-electron chi connectivity index (χ4n) is 2.19. The zero-order chi connectivity index (χ0) is 9.53. The van der Waals surface area contributed by atoms with Crippen molar-refractivity contribution in [2.24, 2.45) is 5.73 Å². The van der Waals surface area contributed by atoms with Crippen LogP contribution in [0.15, 0.2) is 0 Å². The van der Waals surface area contributed by atoms with Crippen molar-refractivity contribution in [3.63, 3.8) is 0 Å². The summed E-state index contributed by atoms with van der Waals surface area (Å²) in [7, 11) is 0. The number of piperidine rings is 1. The highest BCUT2D eigenvalue weighted by Crippen LogP contribution is 2.35.